The SMILES string of the molecule is CC[C@H](C)NC(=O)CCNC(=O)c1cccc(C[S@@](C)=O)c1. The number of nitrogens with one attached hydrogen (secondary N) is 2. The Morgan fingerprint density at radius 3 is 2.68 bits per heavy atom. The maximum absolute atomic E-state index is 12.0. The molecule has 0 aliphatic heterocycles. The van der Waals surface area contributed by atoms with Gasteiger partial charge in [-0.25, -0.2) is 0 Å². The van der Waals surface area contributed by atoms with Crippen LogP contribution < -0.4 is 10.6 Å². The van der Waals surface area contributed by atoms with Gasteiger partial charge in [0.15, 0.2) is 0 Å². The second kappa shape index (κ2) is 9.35. The van der Waals surface area contributed by atoms with E-state index < -0.39 is 10.8 Å². The minimum atomic E-state index is -0.941. The molecule has 1 aromatic rings. The van der Waals surface area contributed by atoms with Crippen LogP contribution in [0.4, 0.5) is 0 Å². The van der Waals surface area contributed by atoms with Crippen LogP contribution >= 0.6 is 0 Å². The molecule has 2 N–H and O–H groups in total. The standard InChI is InChI=1S/C16H24N2O3S/c1-4-12(2)18-15(19)8-9-17-16(20)14-7-5-6-13(10-14)11-22(3)21/h5-7,10,12H,4,8-9,11H2,1-3H3,(H,17,20)(H,18,19)/t12-,22+/m0/s1. The van der Waals surface area contributed by atoms with E-state index in [-0.39, 0.29) is 24.3 Å². The Balaban J connectivity index is 2.45. The Labute approximate surface area is 134 Å². The molecule has 0 aromatic heterocycles. The number of rotatable bonds is 8. The number of benzene rings is 1. The fourth-order valence-electron chi connectivity index (χ4n) is 1.88. The van der Waals surface area contributed by atoms with Crippen molar-refractivity contribution in [3.05, 3.63) is 35.4 Å². The molecule has 22 heavy (non-hydrogen) atoms. The van der Waals surface area contributed by atoms with E-state index in [1.54, 1.807) is 24.5 Å². The lowest BCUT2D eigenvalue weighted by atomic mass is 10.1. The van der Waals surface area contributed by atoms with Crippen molar-refractivity contribution in [3.63, 3.8) is 0 Å². The van der Waals surface area contributed by atoms with E-state index in [1.165, 1.54) is 0 Å². The maximum atomic E-state index is 12.0. The predicted octanol–water partition coefficient (Wildman–Crippen LogP) is 1.60. The van der Waals surface area contributed by atoms with Crippen molar-refractivity contribution in [2.75, 3.05) is 12.8 Å². The van der Waals surface area contributed by atoms with Crippen LogP contribution in [0.2, 0.25) is 0 Å². The van der Waals surface area contributed by atoms with Crippen molar-refractivity contribution in [1.82, 2.24) is 10.6 Å². The lowest BCUT2D eigenvalue weighted by Gasteiger charge is -2.11. The molecule has 122 valence electrons. The van der Waals surface area contributed by atoms with Crippen LogP contribution in [-0.2, 0) is 21.3 Å². The monoisotopic (exact) mass is 324 g/mol. The summed E-state index contributed by atoms with van der Waals surface area (Å²) in [4.78, 5) is 23.6. The van der Waals surface area contributed by atoms with Crippen molar-refractivity contribution in [2.24, 2.45) is 0 Å². The van der Waals surface area contributed by atoms with E-state index in [0.29, 0.717) is 17.9 Å². The first-order valence-corrected chi connectivity index (χ1v) is 9.11. The highest BCUT2D eigenvalue weighted by atomic mass is 32.2. The van der Waals surface area contributed by atoms with Crippen molar-refractivity contribution in [2.45, 2.75) is 38.5 Å². The third kappa shape index (κ3) is 6.85. The van der Waals surface area contributed by atoms with Gasteiger partial charge in [-0.1, -0.05) is 19.1 Å². The van der Waals surface area contributed by atoms with E-state index in [0.717, 1.165) is 12.0 Å². The minimum absolute atomic E-state index is 0.0650. The van der Waals surface area contributed by atoms with Gasteiger partial charge in [0.2, 0.25) is 5.91 Å². The normalized spacial score (nSPS) is 13.2. The average Bonchev–Trinajstić information content (AvgIpc) is 2.46. The summed E-state index contributed by atoms with van der Waals surface area (Å²) in [6.45, 7) is 4.24. The average molecular weight is 324 g/mol. The Bertz CT molecular complexity index is 546. The molecule has 5 nitrogen and oxygen atoms in total. The second-order valence-electron chi connectivity index (χ2n) is 5.30. The maximum Gasteiger partial charge on any atom is 0.251 e. The van der Waals surface area contributed by atoms with Gasteiger partial charge >= 0.3 is 0 Å². The summed E-state index contributed by atoms with van der Waals surface area (Å²) in [6, 6.07) is 7.20. The molecule has 0 spiro atoms. The molecular formula is C16H24N2O3S. The van der Waals surface area contributed by atoms with Crippen LogP contribution in [-0.4, -0.2) is 34.9 Å². The first kappa shape index (κ1) is 18.4. The highest BCUT2D eigenvalue weighted by Crippen LogP contribution is 2.07. The van der Waals surface area contributed by atoms with Gasteiger partial charge in [0.25, 0.3) is 5.91 Å². The van der Waals surface area contributed by atoms with Crippen LogP contribution in [0.25, 0.3) is 0 Å². The molecule has 0 saturated heterocycles. The van der Waals surface area contributed by atoms with E-state index in [4.69, 9.17) is 0 Å². The zero-order valence-electron chi connectivity index (χ0n) is 13.3. The van der Waals surface area contributed by atoms with Gasteiger partial charge in [-0.2, -0.15) is 0 Å². The summed E-state index contributed by atoms with van der Waals surface area (Å²) < 4.78 is 11.2. The summed E-state index contributed by atoms with van der Waals surface area (Å²) in [6.07, 6.45) is 2.76. The van der Waals surface area contributed by atoms with E-state index >= 15 is 0 Å². The molecule has 2 amide bonds. The van der Waals surface area contributed by atoms with Gasteiger partial charge in [0.05, 0.1) is 0 Å². The molecule has 0 fully saturated rings. The van der Waals surface area contributed by atoms with Crippen molar-refractivity contribution < 1.29 is 13.8 Å². The Morgan fingerprint density at radius 1 is 1.32 bits per heavy atom. The van der Waals surface area contributed by atoms with E-state index in [9.17, 15) is 13.8 Å². The smallest absolute Gasteiger partial charge is 0.251 e. The van der Waals surface area contributed by atoms with Gasteiger partial charge in [0.1, 0.15) is 0 Å². The summed E-state index contributed by atoms with van der Waals surface area (Å²) >= 11 is 0. The number of hydrogen-bond donors (Lipinski definition) is 2. The second-order valence-corrected chi connectivity index (χ2v) is 6.74. The predicted molar refractivity (Wildman–Crippen MR) is 89.1 cm³/mol. The first-order chi connectivity index (χ1) is 10.4. The molecule has 0 radical (unpaired) electrons. The van der Waals surface area contributed by atoms with Crippen LogP contribution in [0, 0.1) is 0 Å². The first-order valence-electron chi connectivity index (χ1n) is 7.39. The number of carbonyl (C=O) groups is 2. The molecule has 0 bridgehead atoms. The Hall–Kier alpha value is -1.69. The summed E-state index contributed by atoms with van der Waals surface area (Å²) in [5.41, 5.74) is 1.38. The lowest BCUT2D eigenvalue weighted by Crippen LogP contribution is -2.35. The minimum Gasteiger partial charge on any atom is -0.354 e. The molecule has 0 saturated carbocycles. The third-order valence-electron chi connectivity index (χ3n) is 3.22. The van der Waals surface area contributed by atoms with E-state index in [2.05, 4.69) is 10.6 Å². The summed E-state index contributed by atoms with van der Waals surface area (Å²) in [7, 11) is -0.941. The molecular weight excluding hydrogens is 300 g/mol. The molecule has 1 aromatic carbocycles. The number of hydrogen-bond acceptors (Lipinski definition) is 3. The summed E-state index contributed by atoms with van der Waals surface area (Å²) in [5.74, 6) is 0.142. The highest BCUT2D eigenvalue weighted by molar-refractivity contribution is 7.83. The molecule has 0 heterocycles. The quantitative estimate of drug-likeness (QED) is 0.763. The highest BCUT2D eigenvalue weighted by Gasteiger charge is 2.09. The molecule has 6 heteroatoms. The molecule has 2 atom stereocenters. The number of amides is 2. The van der Waals surface area contributed by atoms with Crippen molar-refractivity contribution >= 4 is 22.6 Å². The fourth-order valence-corrected chi connectivity index (χ4v) is 2.53. The molecule has 0 aliphatic carbocycles. The Kier molecular flexibility index (Phi) is 7.80. The molecule has 0 unspecified atom stereocenters. The van der Waals surface area contributed by atoms with Gasteiger partial charge in [-0.05, 0) is 31.0 Å². The largest absolute Gasteiger partial charge is 0.354 e. The fraction of sp³-hybridized carbons (Fsp3) is 0.500. The third-order valence-corrected chi connectivity index (χ3v) is 3.96. The Morgan fingerprint density at radius 2 is 2.05 bits per heavy atom. The van der Waals surface area contributed by atoms with Crippen LogP contribution in [0.15, 0.2) is 24.3 Å². The van der Waals surface area contributed by atoms with Gasteiger partial charge in [0, 0.05) is 47.4 Å². The van der Waals surface area contributed by atoms with Crippen molar-refractivity contribution in [3.8, 4) is 0 Å². The molecule has 0 aliphatic rings. The lowest BCUT2D eigenvalue weighted by molar-refractivity contribution is -0.121. The van der Waals surface area contributed by atoms with Crippen LogP contribution in [0.3, 0.4) is 0 Å². The van der Waals surface area contributed by atoms with Gasteiger partial charge in [-0.3, -0.25) is 13.8 Å². The van der Waals surface area contributed by atoms with Gasteiger partial charge in [-0.15, -0.1) is 0 Å². The zero-order chi connectivity index (χ0) is 16.5. The topological polar surface area (TPSA) is 75.3 Å². The zero-order valence-corrected chi connectivity index (χ0v) is 14.2. The summed E-state index contributed by atoms with van der Waals surface area (Å²) in [5, 5.41) is 5.58. The van der Waals surface area contributed by atoms with Crippen LogP contribution in [0.1, 0.15) is 42.6 Å². The van der Waals surface area contributed by atoms with Gasteiger partial charge < -0.3 is 10.6 Å². The van der Waals surface area contributed by atoms with Crippen molar-refractivity contribution in [1.29, 1.82) is 0 Å². The molecule has 1 rings (SSSR count). The number of carbonyl (C=O) groups excluding carboxylic acids is 2. The van der Waals surface area contributed by atoms with Crippen LogP contribution in [0.5, 0.6) is 0 Å². The van der Waals surface area contributed by atoms with E-state index in [1.807, 2.05) is 19.9 Å².